The Morgan fingerprint density at radius 3 is 2.57 bits per heavy atom. The molecular formula is C20H16N4O2S2. The van der Waals surface area contributed by atoms with Gasteiger partial charge in [0, 0.05) is 16.1 Å². The van der Waals surface area contributed by atoms with Crippen molar-refractivity contribution >= 4 is 51.6 Å². The second kappa shape index (κ2) is 8.28. The lowest BCUT2D eigenvalue weighted by Gasteiger charge is -2.07. The molecule has 6 nitrogen and oxygen atoms in total. The second-order valence-corrected chi connectivity index (χ2v) is 7.71. The van der Waals surface area contributed by atoms with Crippen LogP contribution in [0.15, 0.2) is 60.0 Å². The van der Waals surface area contributed by atoms with E-state index in [0.717, 1.165) is 27.7 Å². The number of rotatable bonds is 6. The van der Waals surface area contributed by atoms with Gasteiger partial charge in [-0.1, -0.05) is 18.2 Å². The SMILES string of the molecule is O=C(Cc1ccc(NC(=O)c2ccc3nsnc3c2)cc1)NCc1cccs1. The summed E-state index contributed by atoms with van der Waals surface area (Å²) in [7, 11) is 0. The van der Waals surface area contributed by atoms with E-state index in [4.69, 9.17) is 0 Å². The van der Waals surface area contributed by atoms with Crippen molar-refractivity contribution < 1.29 is 9.59 Å². The summed E-state index contributed by atoms with van der Waals surface area (Å²) < 4.78 is 8.28. The summed E-state index contributed by atoms with van der Waals surface area (Å²) in [6.45, 7) is 0.545. The molecule has 8 heteroatoms. The zero-order valence-corrected chi connectivity index (χ0v) is 16.3. The smallest absolute Gasteiger partial charge is 0.255 e. The number of amides is 2. The van der Waals surface area contributed by atoms with E-state index in [1.54, 1.807) is 41.7 Å². The van der Waals surface area contributed by atoms with Gasteiger partial charge < -0.3 is 10.6 Å². The van der Waals surface area contributed by atoms with Crippen LogP contribution >= 0.6 is 23.1 Å². The van der Waals surface area contributed by atoms with Crippen LogP contribution in [0.5, 0.6) is 0 Å². The molecule has 0 saturated heterocycles. The number of fused-ring (bicyclic) bond motifs is 1. The molecule has 2 aromatic heterocycles. The number of thiophene rings is 1. The van der Waals surface area contributed by atoms with E-state index in [2.05, 4.69) is 19.4 Å². The normalized spacial score (nSPS) is 10.7. The number of aromatic nitrogens is 2. The van der Waals surface area contributed by atoms with E-state index >= 15 is 0 Å². The van der Waals surface area contributed by atoms with Crippen LogP contribution in [-0.4, -0.2) is 20.6 Å². The molecule has 0 atom stereocenters. The van der Waals surface area contributed by atoms with Gasteiger partial charge in [-0.25, -0.2) is 0 Å². The molecule has 0 saturated carbocycles. The van der Waals surface area contributed by atoms with Gasteiger partial charge in [0.15, 0.2) is 0 Å². The monoisotopic (exact) mass is 408 g/mol. The lowest BCUT2D eigenvalue weighted by molar-refractivity contribution is -0.120. The lowest BCUT2D eigenvalue weighted by Crippen LogP contribution is -2.24. The Kier molecular flexibility index (Phi) is 5.41. The van der Waals surface area contributed by atoms with E-state index < -0.39 is 0 Å². The fourth-order valence-electron chi connectivity index (χ4n) is 2.68. The van der Waals surface area contributed by atoms with Gasteiger partial charge in [0.2, 0.25) is 5.91 Å². The largest absolute Gasteiger partial charge is 0.351 e. The first-order valence-corrected chi connectivity index (χ1v) is 10.2. The van der Waals surface area contributed by atoms with Crippen molar-refractivity contribution in [1.29, 1.82) is 0 Å². The highest BCUT2D eigenvalue weighted by Crippen LogP contribution is 2.16. The predicted molar refractivity (Wildman–Crippen MR) is 112 cm³/mol. The Bertz CT molecular complexity index is 1100. The molecule has 0 aliphatic heterocycles. The van der Waals surface area contributed by atoms with E-state index in [1.807, 2.05) is 29.6 Å². The summed E-state index contributed by atoms with van der Waals surface area (Å²) in [6.07, 6.45) is 0.299. The van der Waals surface area contributed by atoms with E-state index in [9.17, 15) is 9.59 Å². The molecule has 0 fully saturated rings. The summed E-state index contributed by atoms with van der Waals surface area (Å²) in [4.78, 5) is 25.6. The maximum absolute atomic E-state index is 12.4. The van der Waals surface area contributed by atoms with E-state index in [-0.39, 0.29) is 11.8 Å². The van der Waals surface area contributed by atoms with Crippen LogP contribution in [0.2, 0.25) is 0 Å². The third-order valence-corrected chi connectivity index (χ3v) is 5.57. The topological polar surface area (TPSA) is 84.0 Å². The maximum atomic E-state index is 12.4. The Morgan fingerprint density at radius 2 is 1.79 bits per heavy atom. The molecule has 0 aliphatic rings. The lowest BCUT2D eigenvalue weighted by atomic mass is 10.1. The predicted octanol–water partition coefficient (Wildman–Crippen LogP) is 3.86. The molecule has 0 unspecified atom stereocenters. The molecule has 2 heterocycles. The average molecular weight is 409 g/mol. The Hall–Kier alpha value is -3.10. The van der Waals surface area contributed by atoms with Crippen molar-refractivity contribution in [3.05, 3.63) is 76.0 Å². The van der Waals surface area contributed by atoms with Crippen LogP contribution in [-0.2, 0) is 17.8 Å². The molecule has 4 aromatic rings. The number of nitrogens with zero attached hydrogens (tertiary/aromatic N) is 2. The van der Waals surface area contributed by atoms with E-state index in [1.165, 1.54) is 0 Å². The second-order valence-electron chi connectivity index (χ2n) is 6.15. The molecule has 0 aliphatic carbocycles. The number of hydrogen-bond donors (Lipinski definition) is 2. The van der Waals surface area contributed by atoms with Crippen molar-refractivity contribution in [3.63, 3.8) is 0 Å². The third-order valence-electron chi connectivity index (χ3n) is 4.13. The summed E-state index contributed by atoms with van der Waals surface area (Å²) in [5.74, 6) is -0.244. The van der Waals surface area contributed by atoms with E-state index in [0.29, 0.717) is 29.7 Å². The molecule has 4 rings (SSSR count). The van der Waals surface area contributed by atoms with Crippen LogP contribution in [0, 0.1) is 0 Å². The number of benzene rings is 2. The number of anilines is 1. The standard InChI is InChI=1S/C20H16N4O2S2/c25-19(21-12-16-2-1-9-27-16)10-13-3-6-15(7-4-13)22-20(26)14-5-8-17-18(11-14)24-28-23-17/h1-9,11H,10,12H2,(H,21,25)(H,22,26). The van der Waals surface area contributed by atoms with Crippen molar-refractivity contribution in [1.82, 2.24) is 14.1 Å². The quantitative estimate of drug-likeness (QED) is 0.507. The molecule has 0 bridgehead atoms. The molecular weight excluding hydrogens is 392 g/mol. The minimum atomic E-state index is -0.212. The molecule has 28 heavy (non-hydrogen) atoms. The summed E-state index contributed by atoms with van der Waals surface area (Å²) in [5.41, 5.74) is 3.57. The minimum absolute atomic E-state index is 0.0321. The minimum Gasteiger partial charge on any atom is -0.351 e. The zero-order valence-electron chi connectivity index (χ0n) is 14.7. The summed E-state index contributed by atoms with van der Waals surface area (Å²) in [5, 5.41) is 7.75. The fourth-order valence-corrected chi connectivity index (χ4v) is 3.84. The Morgan fingerprint density at radius 1 is 0.964 bits per heavy atom. The van der Waals surface area contributed by atoms with Crippen LogP contribution < -0.4 is 10.6 Å². The van der Waals surface area contributed by atoms with Gasteiger partial charge >= 0.3 is 0 Å². The van der Waals surface area contributed by atoms with Crippen molar-refractivity contribution in [2.24, 2.45) is 0 Å². The zero-order chi connectivity index (χ0) is 19.3. The van der Waals surface area contributed by atoms with Gasteiger partial charge in [-0.3, -0.25) is 9.59 Å². The molecule has 0 radical (unpaired) electrons. The van der Waals surface area contributed by atoms with Crippen molar-refractivity contribution in [2.75, 3.05) is 5.32 Å². The number of carbonyl (C=O) groups is 2. The molecule has 2 N–H and O–H groups in total. The van der Waals surface area contributed by atoms with Crippen molar-refractivity contribution in [3.8, 4) is 0 Å². The van der Waals surface area contributed by atoms with Gasteiger partial charge in [-0.15, -0.1) is 11.3 Å². The molecule has 0 spiro atoms. The number of nitrogens with one attached hydrogen (secondary N) is 2. The van der Waals surface area contributed by atoms with Gasteiger partial charge in [-0.05, 0) is 47.3 Å². The van der Waals surface area contributed by atoms with Gasteiger partial charge in [-0.2, -0.15) is 8.75 Å². The Balaban J connectivity index is 1.33. The number of carbonyl (C=O) groups excluding carboxylic acids is 2. The summed E-state index contributed by atoms with van der Waals surface area (Å²) in [6, 6.07) is 16.5. The number of hydrogen-bond acceptors (Lipinski definition) is 6. The molecule has 2 amide bonds. The van der Waals surface area contributed by atoms with Crippen molar-refractivity contribution in [2.45, 2.75) is 13.0 Å². The first-order chi connectivity index (χ1) is 13.7. The first kappa shape index (κ1) is 18.3. The van der Waals surface area contributed by atoms with Crippen LogP contribution in [0.4, 0.5) is 5.69 Å². The third kappa shape index (κ3) is 4.41. The average Bonchev–Trinajstić information content (AvgIpc) is 3.39. The highest BCUT2D eigenvalue weighted by atomic mass is 32.1. The summed E-state index contributed by atoms with van der Waals surface area (Å²) >= 11 is 2.74. The van der Waals surface area contributed by atoms with Crippen LogP contribution in [0.3, 0.4) is 0 Å². The highest BCUT2D eigenvalue weighted by Gasteiger charge is 2.09. The maximum Gasteiger partial charge on any atom is 0.255 e. The molecule has 140 valence electrons. The fraction of sp³-hybridized carbons (Fsp3) is 0.100. The van der Waals surface area contributed by atoms with Crippen LogP contribution in [0.1, 0.15) is 20.8 Å². The van der Waals surface area contributed by atoms with Gasteiger partial charge in [0.1, 0.15) is 11.0 Å². The first-order valence-electron chi connectivity index (χ1n) is 8.59. The van der Waals surface area contributed by atoms with Gasteiger partial charge in [0.25, 0.3) is 5.91 Å². The molecule has 2 aromatic carbocycles. The van der Waals surface area contributed by atoms with Crippen LogP contribution in [0.25, 0.3) is 11.0 Å². The van der Waals surface area contributed by atoms with Gasteiger partial charge in [0.05, 0.1) is 24.7 Å². The Labute approximate surface area is 169 Å². The highest BCUT2D eigenvalue weighted by molar-refractivity contribution is 7.09.